The van der Waals surface area contributed by atoms with Crippen LogP contribution in [0.15, 0.2) is 53.4 Å². The number of amides is 1. The largest absolute Gasteiger partial charge is 0.507 e. The fourth-order valence-electron chi connectivity index (χ4n) is 3.72. The van der Waals surface area contributed by atoms with E-state index in [1.807, 2.05) is 0 Å². The SMILES string of the molecule is CC(C)(C([NH])=O)c1cc(-c2nc3cc(C(=N)N)ccc3[nH]2)c(O)c(-c2cc(S(N)(=O)=O)ccc2O)c1. The second kappa shape index (κ2) is 8.36. The van der Waals surface area contributed by atoms with Gasteiger partial charge in [0.1, 0.15) is 23.2 Å². The molecule has 1 aromatic heterocycles. The quantitative estimate of drug-likeness (QED) is 0.169. The Morgan fingerprint density at radius 3 is 2.31 bits per heavy atom. The van der Waals surface area contributed by atoms with Crippen LogP contribution in [0.5, 0.6) is 11.5 Å². The van der Waals surface area contributed by atoms with Gasteiger partial charge in [-0.2, -0.15) is 0 Å². The summed E-state index contributed by atoms with van der Waals surface area (Å²) >= 11 is 0. The molecule has 1 amide bonds. The number of amidine groups is 1. The van der Waals surface area contributed by atoms with E-state index in [-0.39, 0.29) is 44.7 Å². The van der Waals surface area contributed by atoms with Crippen LogP contribution < -0.4 is 16.6 Å². The Morgan fingerprint density at radius 2 is 1.69 bits per heavy atom. The highest BCUT2D eigenvalue weighted by atomic mass is 32.2. The van der Waals surface area contributed by atoms with E-state index < -0.39 is 21.3 Å². The van der Waals surface area contributed by atoms with Gasteiger partial charge in [-0.1, -0.05) is 0 Å². The molecule has 0 atom stereocenters. The number of phenols is 2. The summed E-state index contributed by atoms with van der Waals surface area (Å²) in [7, 11) is -4.13. The lowest BCUT2D eigenvalue weighted by molar-refractivity contribution is -0.123. The van der Waals surface area contributed by atoms with Gasteiger partial charge >= 0.3 is 0 Å². The van der Waals surface area contributed by atoms with E-state index in [1.165, 1.54) is 26.0 Å². The van der Waals surface area contributed by atoms with Crippen LogP contribution in [0.4, 0.5) is 0 Å². The first kappa shape index (κ1) is 24.7. The molecule has 0 saturated heterocycles. The number of rotatable bonds is 6. The zero-order valence-electron chi connectivity index (χ0n) is 19.2. The zero-order valence-corrected chi connectivity index (χ0v) is 20.1. The number of benzene rings is 3. The van der Waals surface area contributed by atoms with Gasteiger partial charge in [0.25, 0.3) is 0 Å². The summed E-state index contributed by atoms with van der Waals surface area (Å²) in [5, 5.41) is 34.7. The molecule has 0 aliphatic carbocycles. The van der Waals surface area contributed by atoms with Gasteiger partial charge in [-0.3, -0.25) is 15.9 Å². The maximum Gasteiger partial charge on any atom is 0.248 e. The number of carbonyl (C=O) groups is 1. The van der Waals surface area contributed by atoms with Crippen molar-refractivity contribution in [2.75, 3.05) is 0 Å². The Hall–Kier alpha value is -4.42. The average molecular weight is 508 g/mol. The summed E-state index contributed by atoms with van der Waals surface area (Å²) in [5.74, 6) is -1.55. The Kier molecular flexibility index (Phi) is 5.73. The number of nitrogens with zero attached hydrogens (tertiary/aromatic N) is 1. The number of imidazole rings is 1. The summed E-state index contributed by atoms with van der Waals surface area (Å²) in [6.07, 6.45) is 0. The highest BCUT2D eigenvalue weighted by molar-refractivity contribution is 7.89. The van der Waals surface area contributed by atoms with Crippen LogP contribution in [0.1, 0.15) is 25.0 Å². The third-order valence-electron chi connectivity index (χ3n) is 6.04. The molecule has 0 saturated carbocycles. The van der Waals surface area contributed by atoms with Crippen LogP contribution in [0, 0.1) is 5.41 Å². The second-order valence-electron chi connectivity index (χ2n) is 8.83. The molecule has 36 heavy (non-hydrogen) atoms. The van der Waals surface area contributed by atoms with Crippen LogP contribution in [0.25, 0.3) is 33.5 Å². The summed E-state index contributed by atoms with van der Waals surface area (Å²) in [6, 6.07) is 11.2. The van der Waals surface area contributed by atoms with E-state index in [0.717, 1.165) is 18.2 Å². The second-order valence-corrected chi connectivity index (χ2v) is 10.4. The van der Waals surface area contributed by atoms with E-state index in [4.69, 9.17) is 22.0 Å². The molecule has 0 aliphatic rings. The Morgan fingerprint density at radius 1 is 1.03 bits per heavy atom. The van der Waals surface area contributed by atoms with Crippen LogP contribution in [-0.2, 0) is 20.2 Å². The number of hydrogen-bond donors (Lipinski definition) is 6. The van der Waals surface area contributed by atoms with Gasteiger partial charge in [-0.05, 0) is 67.9 Å². The lowest BCUT2D eigenvalue weighted by atomic mass is 9.81. The number of aromatic amines is 1. The lowest BCUT2D eigenvalue weighted by Crippen LogP contribution is -2.29. The molecule has 185 valence electrons. The number of carbonyl (C=O) groups excluding carboxylic acids is 1. The Balaban J connectivity index is 2.04. The minimum atomic E-state index is -4.13. The molecule has 4 aromatic rings. The van der Waals surface area contributed by atoms with Gasteiger partial charge < -0.3 is 20.9 Å². The number of fused-ring (bicyclic) bond motifs is 1. The molecule has 3 aromatic carbocycles. The van der Waals surface area contributed by atoms with E-state index >= 15 is 0 Å². The molecule has 4 rings (SSSR count). The highest BCUT2D eigenvalue weighted by Crippen LogP contribution is 2.44. The minimum absolute atomic E-state index is 0.00436. The number of hydrogen-bond acceptors (Lipinski definition) is 7. The van der Waals surface area contributed by atoms with Gasteiger partial charge in [0.05, 0.1) is 26.9 Å². The zero-order chi connectivity index (χ0) is 26.6. The van der Waals surface area contributed by atoms with Crippen molar-refractivity contribution in [3.8, 4) is 34.0 Å². The van der Waals surface area contributed by atoms with Gasteiger partial charge in [0, 0.05) is 16.7 Å². The minimum Gasteiger partial charge on any atom is -0.507 e. The number of sulfonamides is 1. The van der Waals surface area contributed by atoms with E-state index in [2.05, 4.69) is 9.97 Å². The van der Waals surface area contributed by atoms with Crippen molar-refractivity contribution < 1.29 is 23.4 Å². The predicted molar refractivity (Wildman–Crippen MR) is 134 cm³/mol. The number of H-pyrrole nitrogens is 1. The van der Waals surface area contributed by atoms with Crippen molar-refractivity contribution in [1.29, 1.82) is 5.41 Å². The lowest BCUT2D eigenvalue weighted by Gasteiger charge is -2.23. The van der Waals surface area contributed by atoms with E-state index in [0.29, 0.717) is 22.2 Å². The molecule has 0 bridgehead atoms. The van der Waals surface area contributed by atoms with E-state index in [9.17, 15) is 23.4 Å². The molecule has 0 fully saturated rings. The molecular weight excluding hydrogens is 484 g/mol. The number of nitrogens with one attached hydrogen (secondary N) is 3. The maximum atomic E-state index is 12.1. The summed E-state index contributed by atoms with van der Waals surface area (Å²) in [6.45, 7) is 3.06. The molecule has 1 radical (unpaired) electrons. The van der Waals surface area contributed by atoms with Crippen molar-refractivity contribution >= 4 is 32.8 Å². The normalized spacial score (nSPS) is 12.1. The molecule has 0 unspecified atom stereocenters. The van der Waals surface area contributed by atoms with Crippen LogP contribution in [-0.4, -0.2) is 40.3 Å². The van der Waals surface area contributed by atoms with Crippen molar-refractivity contribution in [3.05, 3.63) is 59.7 Å². The van der Waals surface area contributed by atoms with Gasteiger partial charge in [0.2, 0.25) is 15.9 Å². The first-order valence-electron chi connectivity index (χ1n) is 10.5. The fourth-order valence-corrected chi connectivity index (χ4v) is 4.26. The number of aromatic nitrogens is 2. The van der Waals surface area contributed by atoms with Gasteiger partial charge in [-0.15, -0.1) is 0 Å². The van der Waals surface area contributed by atoms with Gasteiger partial charge in [-0.25, -0.2) is 18.5 Å². The first-order chi connectivity index (χ1) is 16.7. The van der Waals surface area contributed by atoms with Crippen LogP contribution in [0.3, 0.4) is 0 Å². The first-order valence-corrected chi connectivity index (χ1v) is 12.1. The third kappa shape index (κ3) is 4.23. The summed E-state index contributed by atoms with van der Waals surface area (Å²) in [4.78, 5) is 19.4. The van der Waals surface area contributed by atoms with Crippen molar-refractivity contribution in [2.24, 2.45) is 10.9 Å². The smallest absolute Gasteiger partial charge is 0.248 e. The molecule has 0 spiro atoms. The van der Waals surface area contributed by atoms with Crippen molar-refractivity contribution in [1.82, 2.24) is 15.7 Å². The molecule has 0 aliphatic heterocycles. The molecule has 9 N–H and O–H groups in total. The third-order valence-corrected chi connectivity index (χ3v) is 6.95. The van der Waals surface area contributed by atoms with Crippen LogP contribution in [0.2, 0.25) is 0 Å². The number of nitrogen functional groups attached to an aromatic ring is 1. The number of aromatic hydroxyl groups is 2. The number of phenolic OH excluding ortho intramolecular Hbond substituents is 2. The highest BCUT2D eigenvalue weighted by Gasteiger charge is 2.31. The van der Waals surface area contributed by atoms with Crippen molar-refractivity contribution in [3.63, 3.8) is 0 Å². The number of nitrogens with two attached hydrogens (primary N) is 2. The molecule has 12 heteroatoms. The van der Waals surface area contributed by atoms with Crippen LogP contribution >= 0.6 is 0 Å². The standard InChI is InChI=1S/C24H23N6O5S/c1-24(2,23(27)33)12-8-15(14-10-13(36(28,34)35)4-6-19(14)31)20(32)16(9-12)22-29-17-5-3-11(21(25)26)7-18(17)30-22/h3-10,27,31-32H,1-2H3,(H3,25,26)(H,29,30)(H2,28,34,35). The molecule has 1 heterocycles. The fraction of sp³-hybridized carbons (Fsp3) is 0.125. The molecule has 11 nitrogen and oxygen atoms in total. The average Bonchev–Trinajstić information content (AvgIpc) is 3.21. The molecular formula is C24H23N6O5S. The van der Waals surface area contributed by atoms with Gasteiger partial charge in [0.15, 0.2) is 0 Å². The maximum absolute atomic E-state index is 12.1. The topological polar surface area (TPSA) is 220 Å². The summed E-state index contributed by atoms with van der Waals surface area (Å²) < 4.78 is 23.8. The van der Waals surface area contributed by atoms with Crippen molar-refractivity contribution in [2.45, 2.75) is 24.2 Å². The van der Waals surface area contributed by atoms with E-state index in [1.54, 1.807) is 18.2 Å². The number of primary sulfonamides is 1. The summed E-state index contributed by atoms with van der Waals surface area (Å²) in [5.41, 5.74) is 13.9. The Bertz CT molecular complexity index is 1670. The monoisotopic (exact) mass is 507 g/mol. The Labute approximate surface area is 206 Å². The predicted octanol–water partition coefficient (Wildman–Crippen LogP) is 2.33.